The molecule has 18 heavy (non-hydrogen) atoms. The molecule has 1 heterocycles. The molecule has 1 aromatic heterocycles. The van der Waals surface area contributed by atoms with Crippen LogP contribution in [0, 0.1) is 0 Å². The molecule has 0 saturated carbocycles. The molecule has 0 aliphatic rings. The fourth-order valence-corrected chi connectivity index (χ4v) is 2.25. The van der Waals surface area contributed by atoms with Crippen LogP contribution in [-0.4, -0.2) is 36.8 Å². The normalized spacial score (nSPS) is 11.2. The van der Waals surface area contributed by atoms with E-state index in [0.717, 1.165) is 5.69 Å². The lowest BCUT2D eigenvalue weighted by Crippen LogP contribution is -2.31. The molecule has 0 unspecified atom stereocenters. The molecule has 0 radical (unpaired) electrons. The second-order valence-corrected chi connectivity index (χ2v) is 5.50. The summed E-state index contributed by atoms with van der Waals surface area (Å²) in [6, 6.07) is 5.40. The van der Waals surface area contributed by atoms with Gasteiger partial charge in [0.25, 0.3) is 0 Å². The molecule has 0 aliphatic carbocycles. The van der Waals surface area contributed by atoms with E-state index in [0.29, 0.717) is 6.42 Å². The maximum Gasteiger partial charge on any atom is 0.244 e. The van der Waals surface area contributed by atoms with Gasteiger partial charge in [-0.15, -0.1) is 0 Å². The number of hydrogen-bond acceptors (Lipinski definition) is 5. The van der Waals surface area contributed by atoms with Crippen molar-refractivity contribution in [1.29, 1.82) is 0 Å². The Balaban J connectivity index is 2.31. The van der Waals surface area contributed by atoms with Crippen LogP contribution in [-0.2, 0) is 21.2 Å². The molecule has 1 rings (SSSR count). The summed E-state index contributed by atoms with van der Waals surface area (Å²) < 4.78 is 25.3. The quantitative estimate of drug-likeness (QED) is 0.456. The third kappa shape index (κ3) is 5.71. The van der Waals surface area contributed by atoms with Crippen molar-refractivity contribution in [3.8, 4) is 0 Å². The highest BCUT2D eigenvalue weighted by atomic mass is 32.2. The molecule has 8 heteroatoms. The number of aromatic nitrogens is 1. The van der Waals surface area contributed by atoms with Gasteiger partial charge in [0, 0.05) is 31.3 Å². The van der Waals surface area contributed by atoms with Crippen molar-refractivity contribution < 1.29 is 18.4 Å². The molecule has 0 aromatic carbocycles. The molecule has 0 aliphatic heterocycles. The van der Waals surface area contributed by atoms with Crippen LogP contribution >= 0.6 is 0 Å². The summed E-state index contributed by atoms with van der Waals surface area (Å²) in [7, 11) is -3.51. The third-order valence-corrected chi connectivity index (χ3v) is 3.54. The van der Waals surface area contributed by atoms with E-state index in [1.807, 2.05) is 6.07 Å². The van der Waals surface area contributed by atoms with Crippen LogP contribution in [0.4, 0.5) is 0 Å². The summed E-state index contributed by atoms with van der Waals surface area (Å²) in [5.41, 5.74) is 2.16. The Morgan fingerprint density at radius 2 is 2.17 bits per heavy atom. The lowest BCUT2D eigenvalue weighted by molar-refractivity contribution is -0.128. The smallest absolute Gasteiger partial charge is 0.244 e. The SMILES string of the molecule is O=C(CCS(=O)(=O)NCCc1ccccn1)NO. The van der Waals surface area contributed by atoms with Gasteiger partial charge in [-0.2, -0.15) is 0 Å². The fraction of sp³-hybridized carbons (Fsp3) is 0.400. The van der Waals surface area contributed by atoms with Gasteiger partial charge in [-0.3, -0.25) is 15.0 Å². The number of nitrogens with zero attached hydrogens (tertiary/aromatic N) is 1. The molecule has 0 fully saturated rings. The molecule has 3 N–H and O–H groups in total. The first kappa shape index (κ1) is 14.6. The molecule has 0 saturated heterocycles. The molecular weight excluding hydrogens is 258 g/mol. The van der Waals surface area contributed by atoms with Crippen LogP contribution in [0.2, 0.25) is 0 Å². The summed E-state index contributed by atoms with van der Waals surface area (Å²) >= 11 is 0. The van der Waals surface area contributed by atoms with Gasteiger partial charge in [-0.1, -0.05) is 6.07 Å². The first-order chi connectivity index (χ1) is 8.53. The van der Waals surface area contributed by atoms with Crippen LogP contribution in [0.25, 0.3) is 0 Å². The predicted molar refractivity (Wildman–Crippen MR) is 64.3 cm³/mol. The first-order valence-corrected chi connectivity index (χ1v) is 6.99. The van der Waals surface area contributed by atoms with Crippen LogP contribution < -0.4 is 10.2 Å². The summed E-state index contributed by atoms with van der Waals surface area (Å²) in [4.78, 5) is 14.7. The van der Waals surface area contributed by atoms with Gasteiger partial charge >= 0.3 is 0 Å². The number of pyridine rings is 1. The number of amides is 1. The zero-order chi connectivity index (χ0) is 13.4. The molecule has 1 amide bonds. The molecule has 0 atom stereocenters. The average Bonchev–Trinajstić information content (AvgIpc) is 2.37. The Kier molecular flexibility index (Phi) is 5.69. The standard InChI is InChI=1S/C10H15N3O4S/c14-10(13-15)5-8-18(16,17)12-7-4-9-3-1-2-6-11-9/h1-3,6,12,15H,4-5,7-8H2,(H,13,14). The van der Waals surface area contributed by atoms with Gasteiger partial charge in [0.2, 0.25) is 15.9 Å². The number of hydrogen-bond donors (Lipinski definition) is 3. The summed E-state index contributed by atoms with van der Waals surface area (Å²) in [6.45, 7) is 0.222. The van der Waals surface area contributed by atoms with Crippen molar-refractivity contribution in [3.05, 3.63) is 30.1 Å². The summed E-state index contributed by atoms with van der Waals surface area (Å²) in [6.07, 6.45) is 1.83. The first-order valence-electron chi connectivity index (χ1n) is 5.34. The maximum atomic E-state index is 11.4. The van der Waals surface area contributed by atoms with Gasteiger partial charge in [-0.05, 0) is 12.1 Å². The third-order valence-electron chi connectivity index (χ3n) is 2.15. The number of carbonyl (C=O) groups is 1. The van der Waals surface area contributed by atoms with Gasteiger partial charge in [0.15, 0.2) is 0 Å². The minimum atomic E-state index is -3.51. The molecular formula is C10H15N3O4S. The van der Waals surface area contributed by atoms with Crippen LogP contribution in [0.1, 0.15) is 12.1 Å². The predicted octanol–water partition coefficient (Wildman–Crippen LogP) is -0.561. The second-order valence-electron chi connectivity index (χ2n) is 3.57. The van der Waals surface area contributed by atoms with E-state index in [9.17, 15) is 13.2 Å². The van der Waals surface area contributed by atoms with Crippen LogP contribution in [0.5, 0.6) is 0 Å². The Morgan fingerprint density at radius 1 is 1.39 bits per heavy atom. The average molecular weight is 273 g/mol. The van der Waals surface area contributed by atoms with Crippen LogP contribution in [0.15, 0.2) is 24.4 Å². The topological polar surface area (TPSA) is 108 Å². The van der Waals surface area contributed by atoms with E-state index >= 15 is 0 Å². The highest BCUT2D eigenvalue weighted by Gasteiger charge is 2.12. The summed E-state index contributed by atoms with van der Waals surface area (Å²) in [5.74, 6) is -1.09. The number of rotatable bonds is 7. The van der Waals surface area contributed by atoms with Crippen LogP contribution in [0.3, 0.4) is 0 Å². The van der Waals surface area contributed by atoms with Gasteiger partial charge < -0.3 is 0 Å². The lowest BCUT2D eigenvalue weighted by Gasteiger charge is -2.05. The Hall–Kier alpha value is -1.51. The van der Waals surface area contributed by atoms with Crippen molar-refractivity contribution in [1.82, 2.24) is 15.2 Å². The van der Waals surface area contributed by atoms with Crippen molar-refractivity contribution in [2.45, 2.75) is 12.8 Å². The molecule has 0 bridgehead atoms. The van der Waals surface area contributed by atoms with E-state index in [2.05, 4.69) is 9.71 Å². The van der Waals surface area contributed by atoms with Crippen molar-refractivity contribution in [2.24, 2.45) is 0 Å². The number of nitrogens with one attached hydrogen (secondary N) is 2. The second kappa shape index (κ2) is 7.04. The number of sulfonamides is 1. The zero-order valence-corrected chi connectivity index (χ0v) is 10.5. The molecule has 0 spiro atoms. The lowest BCUT2D eigenvalue weighted by atomic mass is 10.3. The van der Waals surface area contributed by atoms with Crippen molar-refractivity contribution >= 4 is 15.9 Å². The number of carbonyl (C=O) groups excluding carboxylic acids is 1. The number of hydroxylamine groups is 1. The largest absolute Gasteiger partial charge is 0.289 e. The van der Waals surface area contributed by atoms with Gasteiger partial charge in [0.05, 0.1) is 5.75 Å². The zero-order valence-electron chi connectivity index (χ0n) is 9.67. The molecule has 1 aromatic rings. The fourth-order valence-electron chi connectivity index (χ4n) is 1.24. The van der Waals surface area contributed by atoms with E-state index < -0.39 is 15.9 Å². The minimum Gasteiger partial charge on any atom is -0.289 e. The van der Waals surface area contributed by atoms with E-state index in [1.165, 1.54) is 5.48 Å². The Labute approximate surface area is 105 Å². The molecule has 7 nitrogen and oxygen atoms in total. The highest BCUT2D eigenvalue weighted by molar-refractivity contribution is 7.89. The van der Waals surface area contributed by atoms with Gasteiger partial charge in [-0.25, -0.2) is 18.6 Å². The molecule has 100 valence electrons. The van der Waals surface area contributed by atoms with Gasteiger partial charge in [0.1, 0.15) is 0 Å². The van der Waals surface area contributed by atoms with Crippen molar-refractivity contribution in [2.75, 3.05) is 12.3 Å². The van der Waals surface area contributed by atoms with E-state index in [4.69, 9.17) is 5.21 Å². The van der Waals surface area contributed by atoms with E-state index in [-0.39, 0.29) is 18.7 Å². The highest BCUT2D eigenvalue weighted by Crippen LogP contribution is 1.95. The summed E-state index contributed by atoms with van der Waals surface area (Å²) in [5, 5.41) is 8.23. The monoisotopic (exact) mass is 273 g/mol. The minimum absolute atomic E-state index is 0.222. The van der Waals surface area contributed by atoms with Crippen molar-refractivity contribution in [3.63, 3.8) is 0 Å². The Bertz CT molecular complexity index is 475. The Morgan fingerprint density at radius 3 is 2.78 bits per heavy atom. The van der Waals surface area contributed by atoms with E-state index in [1.54, 1.807) is 18.3 Å². The maximum absolute atomic E-state index is 11.4.